The van der Waals surface area contributed by atoms with Crippen molar-refractivity contribution in [1.29, 1.82) is 0 Å². The van der Waals surface area contributed by atoms with Gasteiger partial charge in [0.05, 0.1) is 6.10 Å². The largest absolute Gasteiger partial charge is 0.544 e. The lowest BCUT2D eigenvalue weighted by Gasteiger charge is -2.51. The smallest absolute Gasteiger partial charge is 0.455 e. The Labute approximate surface area is 223 Å². The van der Waals surface area contributed by atoms with Gasteiger partial charge in [-0.2, -0.15) is 0 Å². The molecule has 0 aromatic heterocycles. The summed E-state index contributed by atoms with van der Waals surface area (Å²) >= 11 is 0. The normalized spacial score (nSPS) is 30.9. The first kappa shape index (κ1) is 28.8. The molecule has 2 fully saturated rings. The predicted molar refractivity (Wildman–Crippen MR) is 156 cm³/mol. The highest BCUT2D eigenvalue weighted by Crippen LogP contribution is 2.65. The van der Waals surface area contributed by atoms with Crippen LogP contribution >= 0.6 is 7.82 Å². The minimum atomic E-state index is -3.62. The van der Waals surface area contributed by atoms with E-state index in [9.17, 15) is 4.57 Å². The fraction of sp³-hybridized carbons (Fsp3) is 0.778. The third-order valence-corrected chi connectivity index (χ3v) is 15.6. The van der Waals surface area contributed by atoms with Gasteiger partial charge in [0.2, 0.25) is 8.32 Å². The average Bonchev–Trinajstić information content (AvgIpc) is 2.99. The van der Waals surface area contributed by atoms with Crippen LogP contribution in [0, 0.1) is 17.3 Å². The van der Waals surface area contributed by atoms with Crippen LogP contribution in [0.25, 0.3) is 0 Å². The number of phosphoric acid groups is 1. The van der Waals surface area contributed by atoms with Crippen LogP contribution in [0.3, 0.4) is 0 Å². The van der Waals surface area contributed by atoms with E-state index >= 15 is 0 Å². The van der Waals surface area contributed by atoms with E-state index in [2.05, 4.69) is 84.0 Å². The summed E-state index contributed by atoms with van der Waals surface area (Å²) in [6.45, 7) is 21.4. The summed E-state index contributed by atoms with van der Waals surface area (Å²) in [7, 11) is -9.47. The van der Waals surface area contributed by atoms with Crippen molar-refractivity contribution in [3.63, 3.8) is 0 Å². The molecule has 1 aromatic carbocycles. The maximum Gasteiger partial charge on any atom is 0.455 e. The summed E-state index contributed by atoms with van der Waals surface area (Å²) in [4.78, 5) is 0. The Kier molecular flexibility index (Phi) is 7.80. The Morgan fingerprint density at radius 2 is 1.50 bits per heavy atom. The van der Waals surface area contributed by atoms with E-state index in [4.69, 9.17) is 17.4 Å². The van der Waals surface area contributed by atoms with Gasteiger partial charge < -0.3 is 12.9 Å². The summed E-state index contributed by atoms with van der Waals surface area (Å²) in [6.07, 6.45) is 6.59. The van der Waals surface area contributed by atoms with Gasteiger partial charge in [0, 0.05) is 0 Å². The van der Waals surface area contributed by atoms with Crippen molar-refractivity contribution in [1.82, 2.24) is 0 Å². The Bertz CT molecular complexity index is 992. The molecule has 9 heteroatoms. The van der Waals surface area contributed by atoms with E-state index in [0.717, 1.165) is 37.9 Å². The van der Waals surface area contributed by atoms with Crippen LogP contribution in [-0.4, -0.2) is 31.1 Å². The monoisotopic (exact) mass is 568 g/mol. The molecule has 36 heavy (non-hydrogen) atoms. The van der Waals surface area contributed by atoms with Crippen molar-refractivity contribution in [2.45, 2.75) is 116 Å². The van der Waals surface area contributed by atoms with E-state index in [1.807, 2.05) is 0 Å². The van der Waals surface area contributed by atoms with Crippen LogP contribution in [-0.2, 0) is 23.9 Å². The minimum absolute atomic E-state index is 0.0147. The minimum Gasteiger partial charge on any atom is -0.544 e. The van der Waals surface area contributed by atoms with Crippen LogP contribution in [0.4, 0.5) is 0 Å². The van der Waals surface area contributed by atoms with E-state index in [1.165, 1.54) is 17.5 Å². The molecule has 0 radical (unpaired) electrons. The van der Waals surface area contributed by atoms with E-state index in [-0.39, 0.29) is 11.5 Å². The lowest BCUT2D eigenvalue weighted by atomic mass is 9.55. The highest BCUT2D eigenvalue weighted by Gasteiger charge is 2.57. The molecule has 2 saturated carbocycles. The summed E-state index contributed by atoms with van der Waals surface area (Å²) < 4.78 is 39.1. The Hall–Kier alpha value is -0.219. The molecule has 0 saturated heterocycles. The maximum atomic E-state index is 14.0. The fourth-order valence-electron chi connectivity index (χ4n) is 6.99. The average molecular weight is 569 g/mol. The molecule has 0 N–H and O–H groups in total. The number of fused-ring (bicyclic) bond motifs is 5. The number of benzene rings is 1. The standard InChI is InChI=1S/C27H49O5PSi3/c1-27-18-17-23-22-14-12-21(30-34(2,3)4)19-20(22)11-13-24(23)25(27)15-16-26(27)29-33(28,31-35(5,6)7)32-36(8,9)10/h12,14,19,23-26H,11,13,15-18H2,1-10H3/t23-,24-,25+,26?,27+/m1/s1. The highest BCUT2D eigenvalue weighted by molar-refractivity contribution is 7.52. The molecule has 5 nitrogen and oxygen atoms in total. The maximum absolute atomic E-state index is 14.0. The van der Waals surface area contributed by atoms with Gasteiger partial charge >= 0.3 is 7.82 Å². The van der Waals surface area contributed by atoms with Gasteiger partial charge in [-0.15, -0.1) is 0 Å². The van der Waals surface area contributed by atoms with Crippen LogP contribution in [0.15, 0.2) is 18.2 Å². The third kappa shape index (κ3) is 6.49. The highest BCUT2D eigenvalue weighted by atomic mass is 31.2. The number of aryl methyl sites for hydroxylation is 1. The van der Waals surface area contributed by atoms with Crippen LogP contribution in [0.1, 0.15) is 56.1 Å². The summed E-state index contributed by atoms with van der Waals surface area (Å²) in [5.74, 6) is 2.89. The quantitative estimate of drug-likeness (QED) is 0.231. The van der Waals surface area contributed by atoms with Crippen molar-refractivity contribution in [2.24, 2.45) is 17.3 Å². The zero-order chi connectivity index (χ0) is 26.7. The number of hydrogen-bond donors (Lipinski definition) is 0. The first-order valence-corrected chi connectivity index (χ1v) is 25.6. The molecule has 0 amide bonds. The molecule has 3 aliphatic rings. The molecule has 5 atom stereocenters. The second-order valence-corrected chi connectivity index (χ2v) is 30.0. The van der Waals surface area contributed by atoms with Gasteiger partial charge in [0.25, 0.3) is 0 Å². The van der Waals surface area contributed by atoms with Gasteiger partial charge in [-0.3, -0.25) is 4.52 Å². The summed E-state index contributed by atoms with van der Waals surface area (Å²) in [5.41, 5.74) is 3.04. The summed E-state index contributed by atoms with van der Waals surface area (Å²) in [5, 5.41) is 0. The second-order valence-electron chi connectivity index (χ2n) is 14.6. The first-order chi connectivity index (χ1) is 16.4. The molecule has 0 bridgehead atoms. The van der Waals surface area contributed by atoms with E-state index in [1.54, 1.807) is 0 Å². The van der Waals surface area contributed by atoms with Crippen molar-refractivity contribution in [3.8, 4) is 5.75 Å². The number of rotatable bonds is 8. The molecule has 1 aromatic rings. The van der Waals surface area contributed by atoms with Gasteiger partial charge in [-0.25, -0.2) is 4.57 Å². The van der Waals surface area contributed by atoms with Crippen molar-refractivity contribution < 1.29 is 21.9 Å². The fourth-order valence-corrected chi connectivity index (χ4v) is 14.7. The lowest BCUT2D eigenvalue weighted by molar-refractivity contribution is -0.0203. The number of hydrogen-bond acceptors (Lipinski definition) is 5. The first-order valence-electron chi connectivity index (χ1n) is 13.9. The zero-order valence-electron chi connectivity index (χ0n) is 24.3. The molecular weight excluding hydrogens is 520 g/mol. The molecule has 0 aliphatic heterocycles. The Morgan fingerprint density at radius 1 is 0.861 bits per heavy atom. The van der Waals surface area contributed by atoms with E-state index < -0.39 is 32.8 Å². The third-order valence-electron chi connectivity index (χ3n) is 8.06. The van der Waals surface area contributed by atoms with Crippen LogP contribution in [0.5, 0.6) is 5.75 Å². The zero-order valence-corrected chi connectivity index (χ0v) is 28.2. The molecule has 0 heterocycles. The molecule has 0 spiro atoms. The van der Waals surface area contributed by atoms with Gasteiger partial charge in [0.15, 0.2) is 16.6 Å². The van der Waals surface area contributed by atoms with Gasteiger partial charge in [-0.05, 0) is 144 Å². The van der Waals surface area contributed by atoms with Crippen LogP contribution < -0.4 is 4.43 Å². The molecule has 3 aliphatic carbocycles. The van der Waals surface area contributed by atoms with Gasteiger partial charge in [-0.1, -0.05) is 13.0 Å². The topological polar surface area (TPSA) is 54.0 Å². The summed E-state index contributed by atoms with van der Waals surface area (Å²) in [6, 6.07) is 6.87. The molecule has 204 valence electrons. The van der Waals surface area contributed by atoms with Crippen molar-refractivity contribution in [2.75, 3.05) is 0 Å². The molecular formula is C27H49O5PSi3. The molecule has 4 rings (SSSR count). The predicted octanol–water partition coefficient (Wildman–Crippen LogP) is 8.95. The SMILES string of the molecule is C[C@]12CC[C@@H]3c4ccc(O[Si](C)(C)C)cc4CC[C@H]3[C@@H]1CCC2OP(=O)(O[Si](C)(C)C)O[Si](C)(C)C. The van der Waals surface area contributed by atoms with Crippen molar-refractivity contribution >= 4 is 32.8 Å². The van der Waals surface area contributed by atoms with Crippen molar-refractivity contribution in [3.05, 3.63) is 29.3 Å². The lowest BCUT2D eigenvalue weighted by Crippen LogP contribution is -2.45. The molecule has 1 unspecified atom stereocenters. The Balaban J connectivity index is 1.54. The van der Waals surface area contributed by atoms with E-state index in [0.29, 0.717) is 17.8 Å². The van der Waals surface area contributed by atoms with Crippen LogP contribution in [0.2, 0.25) is 58.9 Å². The van der Waals surface area contributed by atoms with Gasteiger partial charge in [0.1, 0.15) is 5.75 Å². The second kappa shape index (κ2) is 9.76. The Morgan fingerprint density at radius 3 is 2.08 bits per heavy atom.